The number of ether oxygens (including phenoxy) is 1. The Bertz CT molecular complexity index is 820. The highest BCUT2D eigenvalue weighted by atomic mass is 19.1. The van der Waals surface area contributed by atoms with E-state index >= 15 is 0 Å². The third kappa shape index (κ3) is 4.23. The van der Waals surface area contributed by atoms with Crippen molar-refractivity contribution in [1.29, 1.82) is 0 Å². The Balaban J connectivity index is 1.71. The standard InChI is InChI=1S/C19H18F2N2O3/c20-12-7-8-14(16(21)10-12)19(25)23-17-6-2-1-5-15(17)18(24)22-11-13-4-3-9-26-13/h1-2,5-8,10,13H,3-4,9,11H2,(H,22,24)(H,23,25)/t13-/m1/s1. The summed E-state index contributed by atoms with van der Waals surface area (Å²) in [5, 5.41) is 5.28. The van der Waals surface area contributed by atoms with Crippen LogP contribution in [-0.4, -0.2) is 31.1 Å². The summed E-state index contributed by atoms with van der Waals surface area (Å²) in [4.78, 5) is 24.7. The molecular formula is C19H18F2N2O3. The summed E-state index contributed by atoms with van der Waals surface area (Å²) in [7, 11) is 0. The Kier molecular flexibility index (Phi) is 5.58. The molecule has 5 nitrogen and oxygen atoms in total. The molecule has 1 aliphatic heterocycles. The first-order valence-electron chi connectivity index (χ1n) is 8.30. The van der Waals surface area contributed by atoms with E-state index in [-0.39, 0.29) is 28.8 Å². The lowest BCUT2D eigenvalue weighted by atomic mass is 10.1. The maximum atomic E-state index is 13.8. The zero-order chi connectivity index (χ0) is 18.5. The zero-order valence-corrected chi connectivity index (χ0v) is 13.9. The maximum Gasteiger partial charge on any atom is 0.258 e. The van der Waals surface area contributed by atoms with Crippen LogP contribution in [0.5, 0.6) is 0 Å². The molecule has 0 bridgehead atoms. The van der Waals surface area contributed by atoms with Gasteiger partial charge in [0.25, 0.3) is 11.8 Å². The lowest BCUT2D eigenvalue weighted by molar-refractivity contribution is 0.0858. The molecule has 0 radical (unpaired) electrons. The smallest absolute Gasteiger partial charge is 0.258 e. The van der Waals surface area contributed by atoms with Gasteiger partial charge in [-0.15, -0.1) is 0 Å². The molecule has 26 heavy (non-hydrogen) atoms. The molecule has 0 unspecified atom stereocenters. The summed E-state index contributed by atoms with van der Waals surface area (Å²) in [5.74, 6) is -2.87. The fraction of sp³-hybridized carbons (Fsp3) is 0.263. The van der Waals surface area contributed by atoms with Crippen LogP contribution in [0.25, 0.3) is 0 Å². The van der Waals surface area contributed by atoms with Crippen molar-refractivity contribution < 1.29 is 23.1 Å². The molecule has 2 N–H and O–H groups in total. The van der Waals surface area contributed by atoms with Gasteiger partial charge in [0, 0.05) is 19.2 Å². The molecule has 1 aliphatic rings. The molecule has 0 aliphatic carbocycles. The van der Waals surface area contributed by atoms with E-state index in [1.807, 2.05) is 0 Å². The van der Waals surface area contributed by atoms with Gasteiger partial charge < -0.3 is 15.4 Å². The van der Waals surface area contributed by atoms with Crippen LogP contribution >= 0.6 is 0 Å². The number of benzene rings is 2. The van der Waals surface area contributed by atoms with Crippen molar-refractivity contribution in [2.24, 2.45) is 0 Å². The lowest BCUT2D eigenvalue weighted by Crippen LogP contribution is -2.32. The highest BCUT2D eigenvalue weighted by molar-refractivity contribution is 6.09. The van der Waals surface area contributed by atoms with Crippen LogP contribution in [0, 0.1) is 11.6 Å². The number of hydrogen-bond donors (Lipinski definition) is 2. The number of para-hydroxylation sites is 1. The van der Waals surface area contributed by atoms with E-state index in [4.69, 9.17) is 4.74 Å². The summed E-state index contributed by atoms with van der Waals surface area (Å²) < 4.78 is 32.2. The van der Waals surface area contributed by atoms with Crippen molar-refractivity contribution in [3.8, 4) is 0 Å². The minimum Gasteiger partial charge on any atom is -0.376 e. The van der Waals surface area contributed by atoms with Crippen molar-refractivity contribution >= 4 is 17.5 Å². The summed E-state index contributed by atoms with van der Waals surface area (Å²) in [5.41, 5.74) is 0.188. The van der Waals surface area contributed by atoms with Gasteiger partial charge in [-0.2, -0.15) is 0 Å². The molecule has 0 aromatic heterocycles. The quantitative estimate of drug-likeness (QED) is 0.861. The number of halogens is 2. The van der Waals surface area contributed by atoms with Crippen LogP contribution in [0.4, 0.5) is 14.5 Å². The fourth-order valence-corrected chi connectivity index (χ4v) is 2.76. The van der Waals surface area contributed by atoms with Crippen LogP contribution in [0.2, 0.25) is 0 Å². The topological polar surface area (TPSA) is 67.4 Å². The fourth-order valence-electron chi connectivity index (χ4n) is 2.76. The van der Waals surface area contributed by atoms with Gasteiger partial charge in [-0.05, 0) is 37.1 Å². The first-order chi connectivity index (χ1) is 12.5. The third-order valence-corrected chi connectivity index (χ3v) is 4.11. The average Bonchev–Trinajstić information content (AvgIpc) is 3.13. The van der Waals surface area contributed by atoms with Crippen molar-refractivity contribution in [1.82, 2.24) is 5.32 Å². The summed E-state index contributed by atoms with van der Waals surface area (Å²) in [6, 6.07) is 9.10. The van der Waals surface area contributed by atoms with Crippen molar-refractivity contribution in [3.63, 3.8) is 0 Å². The number of anilines is 1. The van der Waals surface area contributed by atoms with E-state index in [0.717, 1.165) is 25.0 Å². The number of carbonyl (C=O) groups is 2. The van der Waals surface area contributed by atoms with Gasteiger partial charge in [0.1, 0.15) is 11.6 Å². The average molecular weight is 360 g/mol. The number of carbonyl (C=O) groups excluding carboxylic acids is 2. The Labute approximate surface area is 149 Å². The predicted molar refractivity (Wildman–Crippen MR) is 92.1 cm³/mol. The van der Waals surface area contributed by atoms with Gasteiger partial charge >= 0.3 is 0 Å². The van der Waals surface area contributed by atoms with Gasteiger partial charge in [-0.3, -0.25) is 9.59 Å². The van der Waals surface area contributed by atoms with Crippen LogP contribution in [-0.2, 0) is 4.74 Å². The normalized spacial score (nSPS) is 16.3. The lowest BCUT2D eigenvalue weighted by Gasteiger charge is -2.14. The van der Waals surface area contributed by atoms with Crippen molar-refractivity contribution in [2.75, 3.05) is 18.5 Å². The number of nitrogens with one attached hydrogen (secondary N) is 2. The van der Waals surface area contributed by atoms with Gasteiger partial charge in [0.2, 0.25) is 0 Å². The monoisotopic (exact) mass is 360 g/mol. The van der Waals surface area contributed by atoms with Crippen LogP contribution in [0.3, 0.4) is 0 Å². The summed E-state index contributed by atoms with van der Waals surface area (Å²) in [6.45, 7) is 1.07. The Hall–Kier alpha value is -2.80. The summed E-state index contributed by atoms with van der Waals surface area (Å²) >= 11 is 0. The SMILES string of the molecule is O=C(Nc1ccccc1C(=O)NC[C@H]1CCCO1)c1ccc(F)cc1F. The minimum atomic E-state index is -0.970. The van der Waals surface area contributed by atoms with E-state index < -0.39 is 17.5 Å². The molecule has 2 amide bonds. The minimum absolute atomic E-state index is 0.00554. The number of rotatable bonds is 5. The molecule has 1 fully saturated rings. The van der Waals surface area contributed by atoms with E-state index in [2.05, 4.69) is 10.6 Å². The molecule has 0 spiro atoms. The van der Waals surface area contributed by atoms with E-state index in [1.54, 1.807) is 24.3 Å². The summed E-state index contributed by atoms with van der Waals surface area (Å²) in [6.07, 6.45) is 1.85. The molecule has 2 aromatic rings. The van der Waals surface area contributed by atoms with E-state index in [1.165, 1.54) is 0 Å². The third-order valence-electron chi connectivity index (χ3n) is 4.11. The first-order valence-corrected chi connectivity index (χ1v) is 8.30. The molecule has 1 saturated heterocycles. The van der Waals surface area contributed by atoms with Crippen LogP contribution < -0.4 is 10.6 Å². The molecule has 3 rings (SSSR count). The molecule has 7 heteroatoms. The van der Waals surface area contributed by atoms with Crippen LogP contribution in [0.1, 0.15) is 33.6 Å². The van der Waals surface area contributed by atoms with Gasteiger partial charge in [-0.1, -0.05) is 12.1 Å². The number of amides is 2. The van der Waals surface area contributed by atoms with Crippen molar-refractivity contribution in [2.45, 2.75) is 18.9 Å². The van der Waals surface area contributed by atoms with E-state index in [0.29, 0.717) is 19.2 Å². The van der Waals surface area contributed by atoms with E-state index in [9.17, 15) is 18.4 Å². The highest BCUT2D eigenvalue weighted by Gasteiger charge is 2.19. The predicted octanol–water partition coefficient (Wildman–Crippen LogP) is 3.13. The van der Waals surface area contributed by atoms with Gasteiger partial charge in [0.05, 0.1) is 22.9 Å². The largest absolute Gasteiger partial charge is 0.376 e. The van der Waals surface area contributed by atoms with Crippen molar-refractivity contribution in [3.05, 3.63) is 65.2 Å². The second-order valence-electron chi connectivity index (χ2n) is 5.97. The molecular weight excluding hydrogens is 342 g/mol. The number of hydrogen-bond acceptors (Lipinski definition) is 3. The Morgan fingerprint density at radius 1 is 1.08 bits per heavy atom. The molecule has 2 aromatic carbocycles. The second-order valence-corrected chi connectivity index (χ2v) is 5.97. The molecule has 1 heterocycles. The first kappa shape index (κ1) is 18.0. The Morgan fingerprint density at radius 3 is 2.62 bits per heavy atom. The zero-order valence-electron chi connectivity index (χ0n) is 13.9. The van der Waals surface area contributed by atoms with Gasteiger partial charge in [-0.25, -0.2) is 8.78 Å². The maximum absolute atomic E-state index is 13.8. The van der Waals surface area contributed by atoms with Gasteiger partial charge in [0.15, 0.2) is 0 Å². The second kappa shape index (κ2) is 8.05. The molecule has 0 saturated carbocycles. The van der Waals surface area contributed by atoms with Crippen LogP contribution in [0.15, 0.2) is 42.5 Å². The Morgan fingerprint density at radius 2 is 1.88 bits per heavy atom. The highest BCUT2D eigenvalue weighted by Crippen LogP contribution is 2.18. The molecule has 1 atom stereocenters. The molecule has 136 valence electrons.